The molecule has 40 heavy (non-hydrogen) atoms. The van der Waals surface area contributed by atoms with Gasteiger partial charge in [0.1, 0.15) is 17.1 Å². The van der Waals surface area contributed by atoms with E-state index in [9.17, 15) is 9.59 Å². The highest BCUT2D eigenvalue weighted by atomic mass is 16.6. The first-order chi connectivity index (χ1) is 18.9. The van der Waals surface area contributed by atoms with Crippen molar-refractivity contribution in [2.24, 2.45) is 0 Å². The number of carbonyl (C=O) groups excluding carboxylic acids is 2. The molecular formula is C30H42N6O4. The van der Waals surface area contributed by atoms with Gasteiger partial charge in [-0.2, -0.15) is 0 Å². The fourth-order valence-electron chi connectivity index (χ4n) is 4.99. The Bertz CT molecular complexity index is 1310. The fraction of sp³-hybridized carbons (Fsp3) is 0.533. The first kappa shape index (κ1) is 29.3. The van der Waals surface area contributed by atoms with E-state index in [4.69, 9.17) is 14.9 Å². The molecule has 1 atom stereocenters. The normalized spacial score (nSPS) is 19.0. The number of rotatable bonds is 5. The minimum atomic E-state index is -0.700. The van der Waals surface area contributed by atoms with Crippen LogP contribution in [0.3, 0.4) is 0 Å². The lowest BCUT2D eigenvalue weighted by Crippen LogP contribution is -2.57. The van der Waals surface area contributed by atoms with Crippen LogP contribution >= 0.6 is 0 Å². The number of allylic oxidation sites excluding steroid dienone is 3. The number of hydrogen-bond donors (Lipinski definition) is 1. The lowest BCUT2D eigenvalue weighted by atomic mass is 10.0. The summed E-state index contributed by atoms with van der Waals surface area (Å²) < 4.78 is 13.2. The van der Waals surface area contributed by atoms with Crippen molar-refractivity contribution in [1.29, 1.82) is 5.41 Å². The molecule has 0 spiro atoms. The van der Waals surface area contributed by atoms with Crippen LogP contribution < -0.4 is 0 Å². The zero-order valence-corrected chi connectivity index (χ0v) is 24.6. The van der Waals surface area contributed by atoms with Gasteiger partial charge in [-0.25, -0.2) is 9.78 Å². The van der Waals surface area contributed by atoms with E-state index in [0.717, 1.165) is 34.5 Å². The zero-order chi connectivity index (χ0) is 29.0. The van der Waals surface area contributed by atoms with Gasteiger partial charge in [-0.05, 0) is 69.9 Å². The summed E-state index contributed by atoms with van der Waals surface area (Å²) in [6.45, 7) is 14.6. The molecular weight excluding hydrogens is 508 g/mol. The van der Waals surface area contributed by atoms with Crippen LogP contribution in [0, 0.1) is 19.3 Å². The highest BCUT2D eigenvalue weighted by Gasteiger charge is 2.35. The van der Waals surface area contributed by atoms with Gasteiger partial charge in [-0.1, -0.05) is 19.1 Å². The average Bonchev–Trinajstić information content (AvgIpc) is 3.30. The molecule has 0 saturated carbocycles. The van der Waals surface area contributed by atoms with Crippen LogP contribution in [-0.2, 0) is 14.3 Å². The van der Waals surface area contributed by atoms with Crippen molar-refractivity contribution in [2.45, 2.75) is 59.7 Å². The van der Waals surface area contributed by atoms with E-state index in [1.54, 1.807) is 9.80 Å². The number of ether oxygens (including phenoxy) is 2. The largest absolute Gasteiger partial charge is 0.444 e. The third-order valence-corrected chi connectivity index (χ3v) is 6.96. The van der Waals surface area contributed by atoms with Gasteiger partial charge in [-0.15, -0.1) is 0 Å². The van der Waals surface area contributed by atoms with Gasteiger partial charge in [0, 0.05) is 45.1 Å². The maximum absolute atomic E-state index is 13.2. The Hall–Kier alpha value is -3.66. The first-order valence-electron chi connectivity index (χ1n) is 14.0. The van der Waals surface area contributed by atoms with Crippen LogP contribution in [0.15, 0.2) is 36.7 Å². The van der Waals surface area contributed by atoms with E-state index in [0.29, 0.717) is 45.2 Å². The number of aryl methyl sites for hydroxylation is 2. The third kappa shape index (κ3) is 7.10. The number of amides is 2. The van der Waals surface area contributed by atoms with E-state index in [2.05, 4.69) is 41.6 Å². The molecule has 2 aliphatic rings. The Labute approximate surface area is 236 Å². The van der Waals surface area contributed by atoms with Crippen molar-refractivity contribution >= 4 is 29.1 Å². The molecule has 2 aromatic rings. The second-order valence-corrected chi connectivity index (χ2v) is 11.4. The van der Waals surface area contributed by atoms with E-state index in [1.807, 2.05) is 50.9 Å². The molecule has 0 radical (unpaired) electrons. The molecule has 10 heteroatoms. The number of nitrogens with one attached hydrogen (secondary N) is 1. The Morgan fingerprint density at radius 3 is 2.45 bits per heavy atom. The van der Waals surface area contributed by atoms with Crippen LogP contribution in [0.25, 0.3) is 11.2 Å². The minimum Gasteiger partial charge on any atom is -0.444 e. The SMILES string of the molecule is CC/C=C(/C=C\C(=N)N1CCN(C(=O)C2CN(C(=O)OC(C)(C)C)CCO2)CC1)c1cc(C)c2nc(C)cn2c1. The summed E-state index contributed by atoms with van der Waals surface area (Å²) >= 11 is 0. The quantitative estimate of drug-likeness (QED) is 0.342. The summed E-state index contributed by atoms with van der Waals surface area (Å²) in [7, 11) is 0. The van der Waals surface area contributed by atoms with Crippen LogP contribution in [0.2, 0.25) is 0 Å². The molecule has 1 unspecified atom stereocenters. The third-order valence-electron chi connectivity index (χ3n) is 6.96. The minimum absolute atomic E-state index is 0.122. The zero-order valence-electron chi connectivity index (χ0n) is 24.6. The number of fused-ring (bicyclic) bond motifs is 1. The van der Waals surface area contributed by atoms with E-state index >= 15 is 0 Å². The molecule has 216 valence electrons. The van der Waals surface area contributed by atoms with Crippen LogP contribution in [0.4, 0.5) is 4.79 Å². The predicted octanol–water partition coefficient (Wildman–Crippen LogP) is 4.06. The van der Waals surface area contributed by atoms with Crippen molar-refractivity contribution in [3.8, 4) is 0 Å². The van der Waals surface area contributed by atoms with Gasteiger partial charge in [0.15, 0.2) is 6.10 Å². The highest BCUT2D eigenvalue weighted by Crippen LogP contribution is 2.22. The molecule has 1 N–H and O–H groups in total. The molecule has 2 amide bonds. The van der Waals surface area contributed by atoms with Crippen LogP contribution in [0.5, 0.6) is 0 Å². The van der Waals surface area contributed by atoms with Gasteiger partial charge < -0.3 is 28.6 Å². The average molecular weight is 551 g/mol. The van der Waals surface area contributed by atoms with Crippen LogP contribution in [-0.4, -0.2) is 99.5 Å². The van der Waals surface area contributed by atoms with Crippen molar-refractivity contribution in [2.75, 3.05) is 45.9 Å². The molecule has 4 heterocycles. The summed E-state index contributed by atoms with van der Waals surface area (Å²) in [5, 5.41) is 8.67. The number of aromatic nitrogens is 2. The Kier molecular flexibility index (Phi) is 8.98. The lowest BCUT2D eigenvalue weighted by molar-refractivity contribution is -0.150. The Balaban J connectivity index is 1.34. The number of morpholine rings is 1. The van der Waals surface area contributed by atoms with Gasteiger partial charge in [0.05, 0.1) is 18.8 Å². The van der Waals surface area contributed by atoms with Gasteiger partial charge >= 0.3 is 6.09 Å². The summed E-state index contributed by atoms with van der Waals surface area (Å²) in [5.41, 5.74) is 4.58. The summed E-state index contributed by atoms with van der Waals surface area (Å²) in [6, 6.07) is 2.14. The second-order valence-electron chi connectivity index (χ2n) is 11.4. The number of imidazole rings is 1. The van der Waals surface area contributed by atoms with E-state index < -0.39 is 17.8 Å². The molecule has 0 aromatic carbocycles. The number of hydrogen-bond acceptors (Lipinski definition) is 6. The molecule has 2 aromatic heterocycles. The standard InChI is InChI=1S/C30H42N6O4/c1-7-8-23(24-17-21(2)27-32-22(3)18-36(27)19-24)9-10-26(31)33-11-13-34(14-12-33)28(37)25-20-35(15-16-39-25)29(38)40-30(4,5)6/h8-10,17-19,25,31H,7,11-16,20H2,1-6H3/b10-9-,23-8-,31-26?. The summed E-state index contributed by atoms with van der Waals surface area (Å²) in [6.07, 6.45) is 9.85. The van der Waals surface area contributed by atoms with E-state index in [-0.39, 0.29) is 12.5 Å². The summed E-state index contributed by atoms with van der Waals surface area (Å²) in [4.78, 5) is 35.5. The molecule has 2 aliphatic heterocycles. The van der Waals surface area contributed by atoms with E-state index in [1.165, 1.54) is 0 Å². The van der Waals surface area contributed by atoms with Crippen LogP contribution in [0.1, 0.15) is 50.9 Å². The number of carbonyl (C=O) groups is 2. The van der Waals surface area contributed by atoms with Gasteiger partial charge in [0.2, 0.25) is 0 Å². The monoisotopic (exact) mass is 550 g/mol. The topological polar surface area (TPSA) is 103 Å². The molecule has 10 nitrogen and oxygen atoms in total. The molecule has 2 saturated heterocycles. The molecule has 0 aliphatic carbocycles. The second kappa shape index (κ2) is 12.2. The smallest absolute Gasteiger partial charge is 0.410 e. The van der Waals surface area contributed by atoms with Crippen molar-refractivity contribution in [3.63, 3.8) is 0 Å². The first-order valence-corrected chi connectivity index (χ1v) is 14.0. The highest BCUT2D eigenvalue weighted by molar-refractivity contribution is 5.93. The Morgan fingerprint density at radius 2 is 1.77 bits per heavy atom. The molecule has 4 rings (SSSR count). The lowest BCUT2D eigenvalue weighted by Gasteiger charge is -2.39. The number of piperazine rings is 1. The molecule has 2 fully saturated rings. The number of amidine groups is 1. The molecule has 0 bridgehead atoms. The maximum atomic E-state index is 13.2. The van der Waals surface area contributed by atoms with Crippen molar-refractivity contribution < 1.29 is 19.1 Å². The van der Waals surface area contributed by atoms with Crippen molar-refractivity contribution in [3.05, 3.63) is 53.5 Å². The van der Waals surface area contributed by atoms with Gasteiger partial charge in [0.25, 0.3) is 5.91 Å². The maximum Gasteiger partial charge on any atom is 0.410 e. The predicted molar refractivity (Wildman–Crippen MR) is 156 cm³/mol. The summed E-state index contributed by atoms with van der Waals surface area (Å²) in [5.74, 6) is 0.291. The number of pyridine rings is 1. The fourth-order valence-corrected chi connectivity index (χ4v) is 4.99. The Morgan fingerprint density at radius 1 is 1.07 bits per heavy atom. The van der Waals surface area contributed by atoms with Crippen molar-refractivity contribution in [1.82, 2.24) is 24.1 Å². The van der Waals surface area contributed by atoms with Gasteiger partial charge in [-0.3, -0.25) is 10.2 Å². The number of nitrogens with zero attached hydrogens (tertiary/aromatic N) is 5.